The van der Waals surface area contributed by atoms with Gasteiger partial charge in [-0.1, -0.05) is 11.3 Å². The Bertz CT molecular complexity index is 731. The van der Waals surface area contributed by atoms with Crippen LogP contribution in [0.2, 0.25) is 0 Å². The first-order chi connectivity index (χ1) is 10.6. The quantitative estimate of drug-likeness (QED) is 0.912. The molecule has 7 heteroatoms. The summed E-state index contributed by atoms with van der Waals surface area (Å²) in [5.74, 6) is 1.74. The maximum absolute atomic E-state index is 10.8. The third kappa shape index (κ3) is 2.32. The Hall–Kier alpha value is -2.44. The number of piperidine rings is 1. The number of aryl methyl sites for hydroxylation is 1. The van der Waals surface area contributed by atoms with Gasteiger partial charge in [0.1, 0.15) is 5.82 Å². The van der Waals surface area contributed by atoms with E-state index in [2.05, 4.69) is 15.2 Å². The SMILES string of the molecule is Cc1nc(N2CC3CC3C2)ccc1Cn1cc(C(=O)O)nn1. The standard InChI is InChI=1S/C15H17N5O2/c1-9-10(7-20-8-13(15(21)22)17-18-20)2-3-14(16-9)19-5-11-4-12(11)6-19/h2-3,8,11-12H,4-7H2,1H3,(H,21,22). The minimum Gasteiger partial charge on any atom is -0.476 e. The number of pyridine rings is 1. The molecule has 2 atom stereocenters. The second kappa shape index (κ2) is 4.79. The molecular weight excluding hydrogens is 282 g/mol. The van der Waals surface area contributed by atoms with Gasteiger partial charge in [-0.05, 0) is 36.8 Å². The van der Waals surface area contributed by atoms with Crippen LogP contribution in [0.4, 0.5) is 5.82 Å². The summed E-state index contributed by atoms with van der Waals surface area (Å²) in [5.41, 5.74) is 1.93. The number of carboxylic acids is 1. The van der Waals surface area contributed by atoms with Crippen LogP contribution in [0.5, 0.6) is 0 Å². The summed E-state index contributed by atoms with van der Waals surface area (Å²) in [7, 11) is 0. The smallest absolute Gasteiger partial charge is 0.358 e. The molecule has 114 valence electrons. The number of fused-ring (bicyclic) bond motifs is 1. The van der Waals surface area contributed by atoms with E-state index in [9.17, 15) is 4.79 Å². The summed E-state index contributed by atoms with van der Waals surface area (Å²) in [6.45, 7) is 4.71. The Morgan fingerprint density at radius 2 is 2.14 bits per heavy atom. The van der Waals surface area contributed by atoms with Crippen LogP contribution in [0.25, 0.3) is 0 Å². The normalized spacial score (nSPS) is 22.7. The van der Waals surface area contributed by atoms with Crippen LogP contribution in [0.3, 0.4) is 0 Å². The number of nitrogens with zero attached hydrogens (tertiary/aromatic N) is 5. The van der Waals surface area contributed by atoms with Crippen molar-refractivity contribution in [3.63, 3.8) is 0 Å². The van der Waals surface area contributed by atoms with Gasteiger partial charge in [0.25, 0.3) is 0 Å². The highest BCUT2D eigenvalue weighted by Gasteiger charge is 2.45. The lowest BCUT2D eigenvalue weighted by molar-refractivity contribution is 0.0690. The maximum Gasteiger partial charge on any atom is 0.358 e. The molecular formula is C15H17N5O2. The first kappa shape index (κ1) is 13.2. The van der Waals surface area contributed by atoms with Gasteiger partial charge in [-0.2, -0.15) is 0 Å². The molecule has 0 amide bonds. The largest absolute Gasteiger partial charge is 0.476 e. The Morgan fingerprint density at radius 1 is 1.36 bits per heavy atom. The van der Waals surface area contributed by atoms with Gasteiger partial charge in [0.15, 0.2) is 5.69 Å². The van der Waals surface area contributed by atoms with Gasteiger partial charge in [-0.25, -0.2) is 14.5 Å². The Kier molecular flexibility index (Phi) is 2.88. The third-order valence-electron chi connectivity index (χ3n) is 4.57. The molecule has 1 saturated heterocycles. The van der Waals surface area contributed by atoms with Crippen LogP contribution in [0.1, 0.15) is 28.2 Å². The lowest BCUT2D eigenvalue weighted by atomic mass is 10.2. The van der Waals surface area contributed by atoms with Gasteiger partial charge in [0, 0.05) is 18.8 Å². The summed E-state index contributed by atoms with van der Waals surface area (Å²) in [6.07, 6.45) is 2.81. The van der Waals surface area contributed by atoms with Crippen molar-refractivity contribution in [2.75, 3.05) is 18.0 Å². The fourth-order valence-corrected chi connectivity index (χ4v) is 3.15. The second-order valence-corrected chi connectivity index (χ2v) is 6.18. The second-order valence-electron chi connectivity index (χ2n) is 6.18. The Morgan fingerprint density at radius 3 is 2.77 bits per heavy atom. The number of aromatic carboxylic acids is 1. The van der Waals surface area contributed by atoms with Crippen LogP contribution in [-0.2, 0) is 6.54 Å². The monoisotopic (exact) mass is 299 g/mol. The predicted molar refractivity (Wildman–Crippen MR) is 78.9 cm³/mol. The zero-order valence-corrected chi connectivity index (χ0v) is 12.3. The van der Waals surface area contributed by atoms with Gasteiger partial charge in [0.05, 0.1) is 12.7 Å². The third-order valence-corrected chi connectivity index (χ3v) is 4.57. The summed E-state index contributed by atoms with van der Waals surface area (Å²) < 4.78 is 1.53. The summed E-state index contributed by atoms with van der Waals surface area (Å²) in [5, 5.41) is 16.3. The number of anilines is 1. The number of rotatable bonds is 4. The lowest BCUT2D eigenvalue weighted by Gasteiger charge is -2.20. The highest BCUT2D eigenvalue weighted by molar-refractivity contribution is 5.84. The maximum atomic E-state index is 10.8. The van der Waals surface area contributed by atoms with E-state index >= 15 is 0 Å². The van der Waals surface area contributed by atoms with Crippen molar-refractivity contribution < 1.29 is 9.90 Å². The van der Waals surface area contributed by atoms with Crippen LogP contribution < -0.4 is 4.90 Å². The number of carbonyl (C=O) groups is 1. The summed E-state index contributed by atoms with van der Waals surface area (Å²) >= 11 is 0. The molecule has 7 nitrogen and oxygen atoms in total. The molecule has 3 heterocycles. The van der Waals surface area contributed by atoms with Gasteiger partial charge in [-0.3, -0.25) is 0 Å². The van der Waals surface area contributed by atoms with Crippen molar-refractivity contribution in [3.8, 4) is 0 Å². The van der Waals surface area contributed by atoms with Gasteiger partial charge < -0.3 is 10.0 Å². The van der Waals surface area contributed by atoms with Gasteiger partial charge >= 0.3 is 5.97 Å². The average molecular weight is 299 g/mol. The first-order valence-corrected chi connectivity index (χ1v) is 7.45. The van der Waals surface area contributed by atoms with Gasteiger partial charge in [0.2, 0.25) is 0 Å². The Labute approximate surface area is 127 Å². The molecule has 1 saturated carbocycles. The van der Waals surface area contributed by atoms with Crippen molar-refractivity contribution in [1.29, 1.82) is 0 Å². The molecule has 0 aromatic carbocycles. The zero-order chi connectivity index (χ0) is 15.3. The fraction of sp³-hybridized carbons (Fsp3) is 0.467. The number of hydrogen-bond donors (Lipinski definition) is 1. The fourth-order valence-electron chi connectivity index (χ4n) is 3.15. The van der Waals surface area contributed by atoms with Crippen molar-refractivity contribution in [2.24, 2.45) is 11.8 Å². The molecule has 2 aromatic heterocycles. The van der Waals surface area contributed by atoms with Crippen molar-refractivity contribution in [2.45, 2.75) is 19.9 Å². The first-order valence-electron chi connectivity index (χ1n) is 7.45. The average Bonchev–Trinajstić information content (AvgIpc) is 2.89. The van der Waals surface area contributed by atoms with Crippen LogP contribution >= 0.6 is 0 Å². The summed E-state index contributed by atoms with van der Waals surface area (Å²) in [4.78, 5) is 17.9. The molecule has 4 rings (SSSR count). The molecule has 0 spiro atoms. The molecule has 0 bridgehead atoms. The highest BCUT2D eigenvalue weighted by atomic mass is 16.4. The molecule has 2 aliphatic rings. The predicted octanol–water partition coefficient (Wildman–Crippen LogP) is 1.18. The minimum absolute atomic E-state index is 0.0430. The molecule has 0 radical (unpaired) electrons. The highest BCUT2D eigenvalue weighted by Crippen LogP contribution is 2.45. The van der Waals surface area contributed by atoms with E-state index < -0.39 is 5.97 Å². The van der Waals surface area contributed by atoms with Crippen LogP contribution in [-0.4, -0.2) is 44.1 Å². The molecule has 1 aliphatic heterocycles. The van der Waals surface area contributed by atoms with E-state index in [1.165, 1.54) is 17.3 Å². The molecule has 1 N–H and O–H groups in total. The van der Waals surface area contributed by atoms with Crippen LogP contribution in [0, 0.1) is 18.8 Å². The van der Waals surface area contributed by atoms with Gasteiger partial charge in [-0.15, -0.1) is 5.10 Å². The van der Waals surface area contributed by atoms with E-state index in [0.29, 0.717) is 6.54 Å². The molecule has 2 fully saturated rings. The van der Waals surface area contributed by atoms with E-state index in [1.54, 1.807) is 0 Å². The minimum atomic E-state index is -1.07. The lowest BCUT2D eigenvalue weighted by Crippen LogP contribution is -2.23. The zero-order valence-electron chi connectivity index (χ0n) is 12.3. The number of carboxylic acid groups (broad SMARTS) is 1. The number of aromatic nitrogens is 4. The molecule has 2 aromatic rings. The molecule has 1 aliphatic carbocycles. The van der Waals surface area contributed by atoms with E-state index in [0.717, 1.165) is 42.0 Å². The van der Waals surface area contributed by atoms with Crippen molar-refractivity contribution in [3.05, 3.63) is 35.3 Å². The van der Waals surface area contributed by atoms with E-state index in [1.807, 2.05) is 19.1 Å². The Balaban J connectivity index is 1.50. The number of hydrogen-bond acceptors (Lipinski definition) is 5. The summed E-state index contributed by atoms with van der Waals surface area (Å²) in [6, 6.07) is 4.09. The van der Waals surface area contributed by atoms with Crippen LogP contribution in [0.15, 0.2) is 18.3 Å². The van der Waals surface area contributed by atoms with E-state index in [4.69, 9.17) is 10.1 Å². The van der Waals surface area contributed by atoms with E-state index in [-0.39, 0.29) is 5.69 Å². The van der Waals surface area contributed by atoms with Crippen molar-refractivity contribution >= 4 is 11.8 Å². The van der Waals surface area contributed by atoms with Crippen molar-refractivity contribution in [1.82, 2.24) is 20.0 Å². The molecule has 22 heavy (non-hydrogen) atoms. The topological polar surface area (TPSA) is 84.1 Å². The molecule has 2 unspecified atom stereocenters.